The number of nitrogens with one attached hydrogen (secondary N) is 1. The summed E-state index contributed by atoms with van der Waals surface area (Å²) in [6.45, 7) is -0.381. The third-order valence-electron chi connectivity index (χ3n) is 2.44. The lowest BCUT2D eigenvalue weighted by Crippen LogP contribution is -2.41. The molecule has 0 radical (unpaired) electrons. The number of aliphatic hydroxyl groups is 1. The number of halogens is 1. The SMILES string of the molecule is COc1ccc(C(=O)N[C@@H](CCO)C(=O)O)cc1F. The van der Waals surface area contributed by atoms with Gasteiger partial charge in [-0.1, -0.05) is 0 Å². The monoisotopic (exact) mass is 271 g/mol. The lowest BCUT2D eigenvalue weighted by Gasteiger charge is -2.13. The van der Waals surface area contributed by atoms with Crippen molar-refractivity contribution in [3.63, 3.8) is 0 Å². The van der Waals surface area contributed by atoms with Crippen molar-refractivity contribution in [3.05, 3.63) is 29.6 Å². The van der Waals surface area contributed by atoms with E-state index < -0.39 is 23.7 Å². The fourth-order valence-corrected chi connectivity index (χ4v) is 1.44. The fraction of sp³-hybridized carbons (Fsp3) is 0.333. The Kier molecular flexibility index (Phi) is 5.25. The molecule has 1 aromatic rings. The van der Waals surface area contributed by atoms with Gasteiger partial charge in [-0.3, -0.25) is 4.79 Å². The Hall–Kier alpha value is -2.15. The molecule has 0 unspecified atom stereocenters. The highest BCUT2D eigenvalue weighted by atomic mass is 19.1. The maximum absolute atomic E-state index is 13.4. The van der Waals surface area contributed by atoms with Crippen LogP contribution in [-0.2, 0) is 4.79 Å². The predicted molar refractivity (Wildman–Crippen MR) is 63.5 cm³/mol. The molecule has 104 valence electrons. The Morgan fingerprint density at radius 1 is 1.47 bits per heavy atom. The minimum absolute atomic E-state index is 0.0123. The largest absolute Gasteiger partial charge is 0.494 e. The van der Waals surface area contributed by atoms with Crippen LogP contribution in [0.15, 0.2) is 18.2 Å². The number of rotatable bonds is 6. The molecule has 0 spiro atoms. The molecule has 0 heterocycles. The number of hydrogen-bond acceptors (Lipinski definition) is 4. The summed E-state index contributed by atoms with van der Waals surface area (Å²) < 4.78 is 18.1. The van der Waals surface area contributed by atoms with Crippen molar-refractivity contribution in [2.24, 2.45) is 0 Å². The summed E-state index contributed by atoms with van der Waals surface area (Å²) >= 11 is 0. The first-order valence-corrected chi connectivity index (χ1v) is 5.47. The number of carboxylic acid groups (broad SMARTS) is 1. The molecule has 0 aliphatic rings. The van der Waals surface area contributed by atoms with Crippen LogP contribution in [0.1, 0.15) is 16.8 Å². The Morgan fingerprint density at radius 3 is 2.63 bits per heavy atom. The van der Waals surface area contributed by atoms with E-state index in [9.17, 15) is 14.0 Å². The van der Waals surface area contributed by atoms with Gasteiger partial charge in [-0.05, 0) is 18.2 Å². The predicted octanol–water partition coefficient (Wildman–Crippen LogP) is 0.400. The zero-order chi connectivity index (χ0) is 14.4. The van der Waals surface area contributed by atoms with Crippen LogP contribution >= 0.6 is 0 Å². The van der Waals surface area contributed by atoms with Gasteiger partial charge in [0.05, 0.1) is 7.11 Å². The fourth-order valence-electron chi connectivity index (χ4n) is 1.44. The van der Waals surface area contributed by atoms with E-state index in [-0.39, 0.29) is 24.3 Å². The molecule has 0 aliphatic carbocycles. The average molecular weight is 271 g/mol. The summed E-state index contributed by atoms with van der Waals surface area (Å²) in [7, 11) is 1.29. The van der Waals surface area contributed by atoms with Gasteiger partial charge >= 0.3 is 5.97 Å². The zero-order valence-corrected chi connectivity index (χ0v) is 10.2. The summed E-state index contributed by atoms with van der Waals surface area (Å²) in [6, 6.07) is 2.32. The number of aliphatic hydroxyl groups excluding tert-OH is 1. The molecule has 1 amide bonds. The second-order valence-corrected chi connectivity index (χ2v) is 3.73. The first kappa shape index (κ1) is 14.9. The van der Waals surface area contributed by atoms with Gasteiger partial charge in [0.15, 0.2) is 11.6 Å². The van der Waals surface area contributed by atoms with Gasteiger partial charge in [0.2, 0.25) is 0 Å². The molecule has 0 saturated carbocycles. The molecule has 1 aromatic carbocycles. The standard InChI is InChI=1S/C12H14FNO5/c1-19-10-3-2-7(6-8(10)13)11(16)14-9(4-5-15)12(17)18/h2-3,6,9,15H,4-5H2,1H3,(H,14,16)(H,17,18)/t9-/m0/s1. The quantitative estimate of drug-likeness (QED) is 0.696. The number of carbonyl (C=O) groups excluding carboxylic acids is 1. The summed E-state index contributed by atoms with van der Waals surface area (Å²) in [5.74, 6) is -2.73. The highest BCUT2D eigenvalue weighted by Crippen LogP contribution is 2.17. The highest BCUT2D eigenvalue weighted by Gasteiger charge is 2.20. The molecule has 0 fully saturated rings. The molecule has 7 heteroatoms. The van der Waals surface area contributed by atoms with Crippen LogP contribution in [0, 0.1) is 5.82 Å². The normalized spacial score (nSPS) is 11.7. The maximum atomic E-state index is 13.4. The minimum Gasteiger partial charge on any atom is -0.494 e. The number of carboxylic acids is 1. The van der Waals surface area contributed by atoms with Crippen molar-refractivity contribution in [1.82, 2.24) is 5.32 Å². The summed E-state index contributed by atoms with van der Waals surface area (Å²) in [5.41, 5.74) is -0.0255. The number of ether oxygens (including phenoxy) is 1. The van der Waals surface area contributed by atoms with E-state index in [2.05, 4.69) is 5.32 Å². The van der Waals surface area contributed by atoms with Crippen LogP contribution in [0.3, 0.4) is 0 Å². The van der Waals surface area contributed by atoms with Crippen LogP contribution in [0.4, 0.5) is 4.39 Å². The molecule has 0 saturated heterocycles. The number of hydrogen-bond donors (Lipinski definition) is 3. The highest BCUT2D eigenvalue weighted by molar-refractivity contribution is 5.96. The van der Waals surface area contributed by atoms with Crippen molar-refractivity contribution in [2.45, 2.75) is 12.5 Å². The Balaban J connectivity index is 2.82. The second kappa shape index (κ2) is 6.69. The molecule has 1 rings (SSSR count). The molecular weight excluding hydrogens is 257 g/mol. The first-order valence-electron chi connectivity index (χ1n) is 5.47. The van der Waals surface area contributed by atoms with Crippen LogP contribution in [0.2, 0.25) is 0 Å². The molecule has 0 aliphatic heterocycles. The van der Waals surface area contributed by atoms with E-state index >= 15 is 0 Å². The second-order valence-electron chi connectivity index (χ2n) is 3.73. The van der Waals surface area contributed by atoms with E-state index in [1.54, 1.807) is 0 Å². The third kappa shape index (κ3) is 3.92. The lowest BCUT2D eigenvalue weighted by molar-refractivity contribution is -0.139. The van der Waals surface area contributed by atoms with Crippen LogP contribution in [-0.4, -0.2) is 41.8 Å². The van der Waals surface area contributed by atoms with Crippen LogP contribution in [0.5, 0.6) is 5.75 Å². The van der Waals surface area contributed by atoms with E-state index in [1.807, 2.05) is 0 Å². The van der Waals surface area contributed by atoms with Gasteiger partial charge in [0, 0.05) is 18.6 Å². The Morgan fingerprint density at radius 2 is 2.16 bits per heavy atom. The van der Waals surface area contributed by atoms with Gasteiger partial charge in [0.25, 0.3) is 5.91 Å². The van der Waals surface area contributed by atoms with Crippen LogP contribution in [0.25, 0.3) is 0 Å². The summed E-state index contributed by atoms with van der Waals surface area (Å²) in [4.78, 5) is 22.5. The van der Waals surface area contributed by atoms with Gasteiger partial charge in [-0.25, -0.2) is 9.18 Å². The van der Waals surface area contributed by atoms with Gasteiger partial charge in [0.1, 0.15) is 6.04 Å². The van der Waals surface area contributed by atoms with Crippen molar-refractivity contribution in [2.75, 3.05) is 13.7 Å². The van der Waals surface area contributed by atoms with E-state index in [1.165, 1.54) is 19.2 Å². The first-order chi connectivity index (χ1) is 8.99. The molecular formula is C12H14FNO5. The number of methoxy groups -OCH3 is 1. The molecule has 3 N–H and O–H groups in total. The molecule has 19 heavy (non-hydrogen) atoms. The third-order valence-corrected chi connectivity index (χ3v) is 2.44. The van der Waals surface area contributed by atoms with Crippen molar-refractivity contribution in [1.29, 1.82) is 0 Å². The number of aliphatic carboxylic acids is 1. The lowest BCUT2D eigenvalue weighted by atomic mass is 10.1. The van der Waals surface area contributed by atoms with Gasteiger partial charge < -0.3 is 20.3 Å². The molecule has 1 atom stereocenters. The maximum Gasteiger partial charge on any atom is 0.326 e. The van der Waals surface area contributed by atoms with E-state index in [0.717, 1.165) is 6.07 Å². The van der Waals surface area contributed by atoms with Crippen molar-refractivity contribution in [3.8, 4) is 5.75 Å². The van der Waals surface area contributed by atoms with Crippen molar-refractivity contribution >= 4 is 11.9 Å². The van der Waals surface area contributed by atoms with Crippen molar-refractivity contribution < 1.29 is 28.9 Å². The molecule has 6 nitrogen and oxygen atoms in total. The number of carbonyl (C=O) groups is 2. The zero-order valence-electron chi connectivity index (χ0n) is 10.2. The van der Waals surface area contributed by atoms with Crippen LogP contribution < -0.4 is 10.1 Å². The smallest absolute Gasteiger partial charge is 0.326 e. The topological polar surface area (TPSA) is 95.9 Å². The minimum atomic E-state index is -1.27. The number of amides is 1. The van der Waals surface area contributed by atoms with Gasteiger partial charge in [-0.2, -0.15) is 0 Å². The Labute approximate surface area is 108 Å². The number of benzene rings is 1. The molecule has 0 aromatic heterocycles. The van der Waals surface area contributed by atoms with E-state index in [4.69, 9.17) is 14.9 Å². The van der Waals surface area contributed by atoms with E-state index in [0.29, 0.717) is 0 Å². The average Bonchev–Trinajstić information content (AvgIpc) is 2.37. The van der Waals surface area contributed by atoms with Gasteiger partial charge in [-0.15, -0.1) is 0 Å². The Bertz CT molecular complexity index is 477. The summed E-state index contributed by atoms with van der Waals surface area (Å²) in [5, 5.41) is 19.7. The molecule has 0 bridgehead atoms. The summed E-state index contributed by atoms with van der Waals surface area (Å²) in [6.07, 6.45) is -0.125.